The highest BCUT2D eigenvalue weighted by atomic mass is 35.5. The van der Waals surface area contributed by atoms with Crippen molar-refractivity contribution < 1.29 is 9.59 Å². The smallest absolute Gasteiger partial charge is 0.242 e. The highest BCUT2D eigenvalue weighted by molar-refractivity contribution is 8.00. The van der Waals surface area contributed by atoms with Crippen LogP contribution in [-0.2, 0) is 16.1 Å². The third-order valence-electron chi connectivity index (χ3n) is 4.30. The second-order valence-corrected chi connectivity index (χ2v) is 8.58. The molecule has 0 radical (unpaired) electrons. The van der Waals surface area contributed by atoms with Crippen LogP contribution in [-0.4, -0.2) is 35.1 Å². The largest absolute Gasteiger partial charge is 0.355 e. The minimum Gasteiger partial charge on any atom is -0.355 e. The van der Waals surface area contributed by atoms with Gasteiger partial charge >= 0.3 is 0 Å². The molecule has 0 unspecified atom stereocenters. The van der Waals surface area contributed by atoms with E-state index in [0.717, 1.165) is 4.90 Å². The third kappa shape index (κ3) is 6.82. The fourth-order valence-corrected chi connectivity index (χ4v) is 4.25. The van der Waals surface area contributed by atoms with Crippen LogP contribution in [0.15, 0.2) is 47.4 Å². The molecule has 2 rings (SSSR count). The number of nitrogens with zero attached hydrogens (tertiary/aromatic N) is 1. The fourth-order valence-electron chi connectivity index (χ4n) is 2.82. The predicted molar refractivity (Wildman–Crippen MR) is 122 cm³/mol. The van der Waals surface area contributed by atoms with Gasteiger partial charge in [-0.05, 0) is 49.7 Å². The van der Waals surface area contributed by atoms with Crippen molar-refractivity contribution in [2.24, 2.45) is 0 Å². The molecule has 0 spiro atoms. The lowest BCUT2D eigenvalue weighted by Crippen LogP contribution is -2.49. The summed E-state index contributed by atoms with van der Waals surface area (Å²) < 4.78 is 0. The van der Waals surface area contributed by atoms with Gasteiger partial charge in [0.1, 0.15) is 6.04 Å². The van der Waals surface area contributed by atoms with Gasteiger partial charge in [0.2, 0.25) is 11.8 Å². The van der Waals surface area contributed by atoms with Crippen LogP contribution in [0.2, 0.25) is 15.1 Å². The van der Waals surface area contributed by atoms with Crippen molar-refractivity contribution in [1.29, 1.82) is 0 Å². The highest BCUT2D eigenvalue weighted by Crippen LogP contribution is 2.28. The number of nitrogens with one attached hydrogen (secondary N) is 1. The van der Waals surface area contributed by atoms with Gasteiger partial charge < -0.3 is 10.2 Å². The van der Waals surface area contributed by atoms with E-state index in [0.29, 0.717) is 33.6 Å². The Kier molecular flexibility index (Phi) is 9.63. The number of hydrogen-bond donors (Lipinski definition) is 1. The number of amides is 2. The molecule has 0 saturated carbocycles. The first kappa shape index (κ1) is 23.9. The molecule has 0 aliphatic carbocycles. The quantitative estimate of drug-likeness (QED) is 0.476. The average molecular weight is 474 g/mol. The minimum atomic E-state index is -0.611. The molecule has 2 aromatic rings. The van der Waals surface area contributed by atoms with Gasteiger partial charge in [0.05, 0.1) is 5.75 Å². The van der Waals surface area contributed by atoms with Crippen LogP contribution in [0.4, 0.5) is 0 Å². The van der Waals surface area contributed by atoms with Gasteiger partial charge in [0, 0.05) is 38.6 Å². The van der Waals surface area contributed by atoms with Gasteiger partial charge in [0.15, 0.2) is 0 Å². The van der Waals surface area contributed by atoms with Crippen molar-refractivity contribution in [2.45, 2.75) is 37.8 Å². The monoisotopic (exact) mass is 472 g/mol. The summed E-state index contributed by atoms with van der Waals surface area (Å²) >= 11 is 19.9. The first-order valence-corrected chi connectivity index (χ1v) is 11.4. The molecular formula is C21H23Cl3N2O2S. The summed E-state index contributed by atoms with van der Waals surface area (Å²) in [6, 6.07) is 11.9. The number of carbonyl (C=O) groups is 2. The SMILES string of the molecule is CCNC(=O)[C@@H](CC)N(Cc1c(Cl)cccc1Cl)C(=O)CSc1ccc(Cl)cc1. The second kappa shape index (κ2) is 11.7. The number of hydrogen-bond acceptors (Lipinski definition) is 3. The maximum absolute atomic E-state index is 13.1. The molecule has 0 aromatic heterocycles. The molecule has 4 nitrogen and oxygen atoms in total. The molecular weight excluding hydrogens is 451 g/mol. The number of halogens is 3. The van der Waals surface area contributed by atoms with E-state index in [1.165, 1.54) is 11.8 Å². The zero-order valence-corrected chi connectivity index (χ0v) is 19.3. The summed E-state index contributed by atoms with van der Waals surface area (Å²) in [5.74, 6) is -0.179. The molecule has 1 N–H and O–H groups in total. The maximum Gasteiger partial charge on any atom is 0.242 e. The van der Waals surface area contributed by atoms with E-state index in [2.05, 4.69) is 5.32 Å². The van der Waals surface area contributed by atoms with Crippen LogP contribution < -0.4 is 5.32 Å². The molecule has 156 valence electrons. The van der Waals surface area contributed by atoms with E-state index in [1.807, 2.05) is 26.0 Å². The Morgan fingerprint density at radius 1 is 1.03 bits per heavy atom. The molecule has 0 heterocycles. The van der Waals surface area contributed by atoms with Gasteiger partial charge in [-0.15, -0.1) is 11.8 Å². The molecule has 2 amide bonds. The highest BCUT2D eigenvalue weighted by Gasteiger charge is 2.29. The summed E-state index contributed by atoms with van der Waals surface area (Å²) in [5.41, 5.74) is 0.628. The third-order valence-corrected chi connectivity index (χ3v) is 6.26. The van der Waals surface area contributed by atoms with E-state index in [9.17, 15) is 9.59 Å². The van der Waals surface area contributed by atoms with Gasteiger partial charge in [-0.3, -0.25) is 9.59 Å². The fraction of sp³-hybridized carbons (Fsp3) is 0.333. The Bertz CT molecular complexity index is 826. The van der Waals surface area contributed by atoms with Crippen molar-refractivity contribution >= 4 is 58.4 Å². The Morgan fingerprint density at radius 2 is 1.66 bits per heavy atom. The maximum atomic E-state index is 13.1. The Morgan fingerprint density at radius 3 is 2.21 bits per heavy atom. The summed E-state index contributed by atoms with van der Waals surface area (Å²) in [5, 5.41) is 4.37. The van der Waals surface area contributed by atoms with Crippen LogP contribution in [0.3, 0.4) is 0 Å². The van der Waals surface area contributed by atoms with Crippen LogP contribution >= 0.6 is 46.6 Å². The minimum absolute atomic E-state index is 0.161. The number of rotatable bonds is 9. The molecule has 8 heteroatoms. The lowest BCUT2D eigenvalue weighted by Gasteiger charge is -2.31. The molecule has 0 aliphatic heterocycles. The zero-order chi connectivity index (χ0) is 21.4. The van der Waals surface area contributed by atoms with Crippen molar-refractivity contribution in [3.63, 3.8) is 0 Å². The van der Waals surface area contributed by atoms with Crippen molar-refractivity contribution in [1.82, 2.24) is 10.2 Å². The Balaban J connectivity index is 2.25. The molecule has 0 saturated heterocycles. The van der Waals surface area contributed by atoms with E-state index < -0.39 is 6.04 Å². The average Bonchev–Trinajstić information content (AvgIpc) is 2.69. The lowest BCUT2D eigenvalue weighted by molar-refractivity contribution is -0.139. The van der Waals surface area contributed by atoms with Crippen LogP contribution in [0.25, 0.3) is 0 Å². The zero-order valence-electron chi connectivity index (χ0n) is 16.3. The molecule has 0 fully saturated rings. The standard InChI is InChI=1S/C21H23Cl3N2O2S/c1-3-19(21(28)25-4-2)26(12-16-17(23)6-5-7-18(16)24)20(27)13-29-15-10-8-14(22)9-11-15/h5-11,19H,3-4,12-13H2,1-2H3,(H,25,28)/t19-/m1/s1. The first-order chi connectivity index (χ1) is 13.9. The number of thioether (sulfide) groups is 1. The second-order valence-electron chi connectivity index (χ2n) is 6.28. The number of carbonyl (C=O) groups excluding carboxylic acids is 2. The summed E-state index contributed by atoms with van der Waals surface area (Å²) in [6.45, 7) is 4.37. The number of likely N-dealkylation sites (N-methyl/N-ethyl adjacent to an activating group) is 1. The normalized spacial score (nSPS) is 11.8. The van der Waals surface area contributed by atoms with Crippen LogP contribution in [0, 0.1) is 0 Å². The van der Waals surface area contributed by atoms with Gasteiger partial charge in [-0.25, -0.2) is 0 Å². The van der Waals surface area contributed by atoms with Gasteiger partial charge in [-0.2, -0.15) is 0 Å². The van der Waals surface area contributed by atoms with Gasteiger partial charge in [-0.1, -0.05) is 47.8 Å². The van der Waals surface area contributed by atoms with E-state index in [1.54, 1.807) is 35.2 Å². The molecule has 29 heavy (non-hydrogen) atoms. The molecule has 2 aromatic carbocycles. The topological polar surface area (TPSA) is 49.4 Å². The molecule has 0 aliphatic rings. The van der Waals surface area contributed by atoms with Crippen LogP contribution in [0.5, 0.6) is 0 Å². The van der Waals surface area contributed by atoms with Crippen LogP contribution in [0.1, 0.15) is 25.8 Å². The van der Waals surface area contributed by atoms with Crippen molar-refractivity contribution in [3.8, 4) is 0 Å². The summed E-state index contributed by atoms with van der Waals surface area (Å²) in [6.07, 6.45) is 0.477. The van der Waals surface area contributed by atoms with E-state index in [4.69, 9.17) is 34.8 Å². The molecule has 0 bridgehead atoms. The molecule has 1 atom stereocenters. The summed E-state index contributed by atoms with van der Waals surface area (Å²) in [4.78, 5) is 28.2. The van der Waals surface area contributed by atoms with Crippen molar-refractivity contribution in [3.05, 3.63) is 63.1 Å². The predicted octanol–water partition coefficient (Wildman–Crippen LogP) is 5.68. The van der Waals surface area contributed by atoms with Crippen molar-refractivity contribution in [2.75, 3.05) is 12.3 Å². The lowest BCUT2D eigenvalue weighted by atomic mass is 10.1. The first-order valence-electron chi connectivity index (χ1n) is 9.25. The Hall–Kier alpha value is -1.40. The summed E-state index contributed by atoms with van der Waals surface area (Å²) in [7, 11) is 0. The van der Waals surface area contributed by atoms with Gasteiger partial charge in [0.25, 0.3) is 0 Å². The Labute approximate surface area is 190 Å². The number of benzene rings is 2. The van der Waals surface area contributed by atoms with E-state index >= 15 is 0 Å². The van der Waals surface area contributed by atoms with E-state index in [-0.39, 0.29) is 24.1 Å².